The highest BCUT2D eigenvalue weighted by molar-refractivity contribution is 9.10. The molecule has 0 aliphatic carbocycles. The third-order valence-electron chi connectivity index (χ3n) is 5.42. The van der Waals surface area contributed by atoms with Gasteiger partial charge in [-0.3, -0.25) is 13.9 Å². The monoisotopic (exact) mass is 772 g/mol. The molecule has 0 aliphatic heterocycles. The summed E-state index contributed by atoms with van der Waals surface area (Å²) in [5.74, 6) is -3.46. The number of para-hydroxylation sites is 1. The fourth-order valence-corrected chi connectivity index (χ4v) is 5.06. The predicted octanol–water partition coefficient (Wildman–Crippen LogP) is 5.43. The van der Waals surface area contributed by atoms with E-state index in [1.807, 2.05) is 0 Å². The molecule has 4 aromatic rings. The van der Waals surface area contributed by atoms with Gasteiger partial charge in [-0.2, -0.15) is 16.8 Å². The second-order valence-electron chi connectivity index (χ2n) is 8.80. The highest BCUT2D eigenvalue weighted by atomic mass is 79.9. The number of aliphatic carboxylic acids is 2. The van der Waals surface area contributed by atoms with Gasteiger partial charge < -0.3 is 21.3 Å². The van der Waals surface area contributed by atoms with Crippen LogP contribution in [0.25, 0.3) is 16.8 Å². The number of carbonyl (C=O) groups excluding carboxylic acids is 1. The van der Waals surface area contributed by atoms with E-state index in [0.29, 0.717) is 16.2 Å². The molecule has 4 rings (SSSR count). The number of anilines is 2. The van der Waals surface area contributed by atoms with Gasteiger partial charge in [0.05, 0.1) is 4.90 Å². The van der Waals surface area contributed by atoms with Crippen LogP contribution in [-0.2, 0) is 34.6 Å². The van der Waals surface area contributed by atoms with E-state index in [-0.39, 0.29) is 27.1 Å². The molecule has 0 spiro atoms. The molecule has 0 aromatic heterocycles. The van der Waals surface area contributed by atoms with E-state index in [0.717, 1.165) is 24.3 Å². The molecule has 0 radical (unpaired) electrons. The maximum Gasteiger partial charge on any atom is 0.330 e. The Balaban J connectivity index is 0.000000250. The zero-order valence-corrected chi connectivity index (χ0v) is 27.4. The third kappa shape index (κ3) is 12.6. The molecule has 1 amide bonds. The number of halogens is 3. The summed E-state index contributed by atoms with van der Waals surface area (Å²) < 4.78 is 76.2. The molecule has 0 fully saturated rings. The number of fused-ring (bicyclic) bond motifs is 1. The second-order valence-corrected chi connectivity index (χ2v) is 12.9. The van der Waals surface area contributed by atoms with Gasteiger partial charge in [0.2, 0.25) is 0 Å². The summed E-state index contributed by atoms with van der Waals surface area (Å²) in [6, 6.07) is 18.6. The average Bonchev–Trinajstić information content (AvgIpc) is 2.96. The number of benzene rings is 4. The minimum Gasteiger partial charge on any atom is -0.478 e. The van der Waals surface area contributed by atoms with Gasteiger partial charge in [-0.1, -0.05) is 57.9 Å². The van der Waals surface area contributed by atoms with Crippen LogP contribution >= 0.6 is 27.5 Å². The first kappa shape index (κ1) is 38.5. The number of carboxylic acid groups (broad SMARTS) is 2. The van der Waals surface area contributed by atoms with Gasteiger partial charge in [-0.25, -0.2) is 14.0 Å². The van der Waals surface area contributed by atoms with Crippen LogP contribution in [0, 0.1) is 5.82 Å². The fourth-order valence-electron chi connectivity index (χ4n) is 3.39. The highest BCUT2D eigenvalue weighted by Gasteiger charge is 2.18. The van der Waals surface area contributed by atoms with Crippen molar-refractivity contribution in [3.63, 3.8) is 0 Å². The molecule has 0 saturated carbocycles. The van der Waals surface area contributed by atoms with Crippen LogP contribution in [0.15, 0.2) is 110 Å². The van der Waals surface area contributed by atoms with Crippen molar-refractivity contribution in [2.45, 2.75) is 9.79 Å². The molecule has 13 nitrogen and oxygen atoms in total. The summed E-state index contributed by atoms with van der Waals surface area (Å²) in [6.07, 6.45) is 2.75. The van der Waals surface area contributed by atoms with Crippen LogP contribution in [0.4, 0.5) is 15.8 Å². The highest BCUT2D eigenvalue weighted by Crippen LogP contribution is 2.30. The molecule has 18 heteroatoms. The molecule has 4 aromatic carbocycles. The van der Waals surface area contributed by atoms with Gasteiger partial charge in [0.15, 0.2) is 0 Å². The normalized spacial score (nSPS) is 11.6. The lowest BCUT2D eigenvalue weighted by Crippen LogP contribution is -2.12. The SMILES string of the molecule is Nc1ccc(S(=O)(=O)O)c2cc(S(=O)(=O)O)ccc12.O=C(O)C=C(Cl)C(=O)Nc1ccccc1.O=C(O)C=Cc1ccc(Br)cc1F. The number of amides is 1. The van der Waals surface area contributed by atoms with Gasteiger partial charge in [-0.15, -0.1) is 0 Å². The topological polar surface area (TPSA) is 238 Å². The predicted molar refractivity (Wildman–Crippen MR) is 175 cm³/mol. The second kappa shape index (κ2) is 16.8. The summed E-state index contributed by atoms with van der Waals surface area (Å²) >= 11 is 8.54. The molecule has 0 bridgehead atoms. The van der Waals surface area contributed by atoms with Crippen LogP contribution in [0.2, 0.25) is 0 Å². The number of carbonyl (C=O) groups is 3. The van der Waals surface area contributed by atoms with Gasteiger partial charge in [0.1, 0.15) is 15.7 Å². The molecule has 0 atom stereocenters. The Morgan fingerprint density at radius 1 is 0.830 bits per heavy atom. The number of nitrogens with two attached hydrogens (primary N) is 1. The van der Waals surface area contributed by atoms with E-state index >= 15 is 0 Å². The van der Waals surface area contributed by atoms with Crippen molar-refractivity contribution in [1.29, 1.82) is 0 Å². The Bertz CT molecular complexity index is 2090. The molecule has 0 heterocycles. The van der Waals surface area contributed by atoms with Gasteiger partial charge in [0, 0.05) is 44.3 Å². The Hall–Kier alpha value is -4.65. The molecule has 47 heavy (non-hydrogen) atoms. The molecular weight excluding hydrogens is 751 g/mol. The van der Waals surface area contributed by atoms with Crippen molar-refractivity contribution in [2.75, 3.05) is 11.1 Å². The van der Waals surface area contributed by atoms with Crippen LogP contribution < -0.4 is 11.1 Å². The first-order chi connectivity index (χ1) is 21.8. The van der Waals surface area contributed by atoms with Crippen LogP contribution in [-0.4, -0.2) is 54.0 Å². The van der Waals surface area contributed by atoms with E-state index in [4.69, 9.17) is 36.7 Å². The van der Waals surface area contributed by atoms with Crippen molar-refractivity contribution in [2.24, 2.45) is 0 Å². The number of carboxylic acids is 2. The molecule has 0 unspecified atom stereocenters. The number of hydrogen-bond donors (Lipinski definition) is 6. The van der Waals surface area contributed by atoms with Crippen molar-refractivity contribution in [1.82, 2.24) is 0 Å². The molecular formula is C29H23BrClFN2O11S2. The summed E-state index contributed by atoms with van der Waals surface area (Å²) in [4.78, 5) is 30.7. The molecule has 248 valence electrons. The summed E-state index contributed by atoms with van der Waals surface area (Å²) in [5.41, 5.74) is 6.66. The minimum atomic E-state index is -4.54. The van der Waals surface area contributed by atoms with Crippen LogP contribution in [0.1, 0.15) is 5.56 Å². The van der Waals surface area contributed by atoms with E-state index in [2.05, 4.69) is 21.2 Å². The summed E-state index contributed by atoms with van der Waals surface area (Å²) in [7, 11) is -9.03. The molecule has 0 saturated heterocycles. The standard InChI is InChI=1S/C10H8ClNO3.C10H9NO6S2.C9H6BrFO2/c11-8(6-9(13)14)10(15)12-7-4-2-1-3-5-7;11-9-3-4-10(19(15,16)17)8-5-6(18(12,13)14)1-2-7(8)9;10-7-3-1-6(8(11)5-7)2-4-9(12)13/h1-6H,(H,12,15)(H,13,14);1-5H,11H2,(H,12,13,14)(H,15,16,17);1-5H,(H,12,13). The minimum absolute atomic E-state index is 0.0855. The molecule has 7 N–H and O–H groups in total. The van der Waals surface area contributed by atoms with Crippen LogP contribution in [0.3, 0.4) is 0 Å². The Morgan fingerprint density at radius 2 is 1.47 bits per heavy atom. The lowest BCUT2D eigenvalue weighted by atomic mass is 10.1. The third-order valence-corrected chi connectivity index (χ3v) is 7.96. The maximum absolute atomic E-state index is 13.0. The molecule has 0 aliphatic rings. The fraction of sp³-hybridized carbons (Fsp3) is 0. The van der Waals surface area contributed by atoms with Gasteiger partial charge in [0.25, 0.3) is 26.1 Å². The van der Waals surface area contributed by atoms with Crippen molar-refractivity contribution >= 4 is 93.8 Å². The lowest BCUT2D eigenvalue weighted by Gasteiger charge is -2.08. The first-order valence-corrected chi connectivity index (χ1v) is 16.4. The maximum atomic E-state index is 13.0. The number of hydrogen-bond acceptors (Lipinski definition) is 8. The van der Waals surface area contributed by atoms with E-state index in [1.54, 1.807) is 36.4 Å². The van der Waals surface area contributed by atoms with Crippen molar-refractivity contribution < 1.29 is 54.9 Å². The van der Waals surface area contributed by atoms with Crippen LogP contribution in [0.5, 0.6) is 0 Å². The van der Waals surface area contributed by atoms with E-state index in [1.165, 1.54) is 30.3 Å². The smallest absolute Gasteiger partial charge is 0.330 e. The zero-order valence-electron chi connectivity index (χ0n) is 23.4. The van der Waals surface area contributed by atoms with Gasteiger partial charge in [-0.05, 0) is 54.6 Å². The average molecular weight is 774 g/mol. The quantitative estimate of drug-likeness (QED) is 0.0783. The van der Waals surface area contributed by atoms with E-state index < -0.39 is 53.7 Å². The van der Waals surface area contributed by atoms with Crippen molar-refractivity contribution in [3.05, 3.63) is 112 Å². The Labute approximate surface area is 280 Å². The van der Waals surface area contributed by atoms with Gasteiger partial charge >= 0.3 is 11.9 Å². The summed E-state index contributed by atoms with van der Waals surface area (Å²) in [5, 5.41) is 18.9. The largest absolute Gasteiger partial charge is 0.478 e. The summed E-state index contributed by atoms with van der Waals surface area (Å²) in [6.45, 7) is 0. The lowest BCUT2D eigenvalue weighted by molar-refractivity contribution is -0.132. The number of nitrogens with one attached hydrogen (secondary N) is 1. The number of nitrogen functional groups attached to an aromatic ring is 1. The van der Waals surface area contributed by atoms with Crippen molar-refractivity contribution in [3.8, 4) is 0 Å². The first-order valence-electron chi connectivity index (χ1n) is 12.4. The Kier molecular flexibility index (Phi) is 13.8. The number of rotatable bonds is 7. The van der Waals surface area contributed by atoms with E-state index in [9.17, 15) is 35.6 Å². The Morgan fingerprint density at radius 3 is 2.00 bits per heavy atom. The zero-order chi connectivity index (χ0) is 35.5.